The van der Waals surface area contributed by atoms with E-state index in [-0.39, 0.29) is 18.0 Å². The molecule has 0 aliphatic carbocycles. The van der Waals surface area contributed by atoms with Crippen LogP contribution in [0.5, 0.6) is 0 Å². The molecule has 0 aliphatic rings. The van der Waals surface area contributed by atoms with Crippen molar-refractivity contribution in [2.75, 3.05) is 0 Å². The summed E-state index contributed by atoms with van der Waals surface area (Å²) in [5.74, 6) is -0.281. The quantitative estimate of drug-likeness (QED) is 0.753. The van der Waals surface area contributed by atoms with Gasteiger partial charge in [-0.15, -0.1) is 0 Å². The molecule has 0 fully saturated rings. The number of benzene rings is 2. The van der Waals surface area contributed by atoms with Crippen molar-refractivity contribution in [2.24, 2.45) is 0 Å². The van der Waals surface area contributed by atoms with E-state index in [4.69, 9.17) is 11.6 Å². The Hall–Kier alpha value is -2.92. The molecule has 0 radical (unpaired) electrons. The molecular weight excluding hydrogens is 350 g/mol. The first-order chi connectivity index (χ1) is 12.5. The number of hydrogen-bond acceptors (Lipinski definition) is 3. The Balaban J connectivity index is 1.66. The molecule has 1 aromatic heterocycles. The van der Waals surface area contributed by atoms with Gasteiger partial charge in [-0.3, -0.25) is 14.2 Å². The number of nitrogens with zero attached hydrogens (tertiary/aromatic N) is 2. The lowest BCUT2D eigenvalue weighted by molar-refractivity contribution is -0.121. The Morgan fingerprint density at radius 3 is 2.58 bits per heavy atom. The largest absolute Gasteiger partial charge is 0.350 e. The fourth-order valence-electron chi connectivity index (χ4n) is 2.47. The SMILES string of the molecule is Cc1ccc(-c2cc(=O)n(CC(=O)NCc3ccccc3Cl)cn2)cc1. The second-order valence-corrected chi connectivity index (χ2v) is 6.38. The van der Waals surface area contributed by atoms with E-state index in [1.54, 1.807) is 6.07 Å². The summed E-state index contributed by atoms with van der Waals surface area (Å²) in [5.41, 5.74) is 3.13. The molecule has 0 saturated carbocycles. The molecule has 3 rings (SSSR count). The number of aryl methyl sites for hydroxylation is 1. The monoisotopic (exact) mass is 367 g/mol. The first-order valence-corrected chi connectivity index (χ1v) is 8.54. The van der Waals surface area contributed by atoms with E-state index in [1.165, 1.54) is 17.0 Å². The first-order valence-electron chi connectivity index (χ1n) is 8.16. The number of carbonyl (C=O) groups is 1. The van der Waals surface area contributed by atoms with Crippen LogP contribution in [0.4, 0.5) is 0 Å². The minimum Gasteiger partial charge on any atom is -0.350 e. The Bertz CT molecular complexity index is 981. The van der Waals surface area contributed by atoms with Crippen LogP contribution in [0.1, 0.15) is 11.1 Å². The molecule has 1 heterocycles. The van der Waals surface area contributed by atoms with E-state index in [0.717, 1.165) is 16.7 Å². The third-order valence-electron chi connectivity index (χ3n) is 3.97. The van der Waals surface area contributed by atoms with Gasteiger partial charge in [0.2, 0.25) is 5.91 Å². The van der Waals surface area contributed by atoms with Gasteiger partial charge in [0.1, 0.15) is 6.54 Å². The van der Waals surface area contributed by atoms with Crippen LogP contribution < -0.4 is 10.9 Å². The second kappa shape index (κ2) is 7.97. The van der Waals surface area contributed by atoms with Crippen LogP contribution in [0.15, 0.2) is 65.7 Å². The predicted molar refractivity (Wildman–Crippen MR) is 102 cm³/mol. The van der Waals surface area contributed by atoms with E-state index in [9.17, 15) is 9.59 Å². The van der Waals surface area contributed by atoms with E-state index < -0.39 is 0 Å². The van der Waals surface area contributed by atoms with E-state index in [1.807, 2.05) is 49.4 Å². The van der Waals surface area contributed by atoms with Crippen LogP contribution in [0.3, 0.4) is 0 Å². The molecule has 1 N–H and O–H groups in total. The van der Waals surface area contributed by atoms with Gasteiger partial charge in [0.15, 0.2) is 0 Å². The summed E-state index contributed by atoms with van der Waals surface area (Å²) >= 11 is 6.06. The van der Waals surface area contributed by atoms with Gasteiger partial charge in [-0.05, 0) is 18.6 Å². The van der Waals surface area contributed by atoms with Gasteiger partial charge in [0.05, 0.1) is 12.0 Å². The van der Waals surface area contributed by atoms with E-state index in [2.05, 4.69) is 10.3 Å². The first kappa shape index (κ1) is 17.9. The smallest absolute Gasteiger partial charge is 0.254 e. The van der Waals surface area contributed by atoms with Crippen LogP contribution >= 0.6 is 11.6 Å². The molecule has 132 valence electrons. The fraction of sp³-hybridized carbons (Fsp3) is 0.150. The summed E-state index contributed by atoms with van der Waals surface area (Å²) < 4.78 is 1.28. The maximum Gasteiger partial charge on any atom is 0.254 e. The van der Waals surface area contributed by atoms with Crippen molar-refractivity contribution in [1.82, 2.24) is 14.9 Å². The number of aromatic nitrogens is 2. The Morgan fingerprint density at radius 2 is 1.88 bits per heavy atom. The number of halogens is 1. The molecule has 2 aromatic carbocycles. The van der Waals surface area contributed by atoms with Crippen molar-refractivity contribution in [1.29, 1.82) is 0 Å². The Kier molecular flexibility index (Phi) is 5.49. The maximum atomic E-state index is 12.3. The van der Waals surface area contributed by atoms with Gasteiger partial charge in [-0.2, -0.15) is 0 Å². The third kappa shape index (κ3) is 4.37. The molecule has 1 amide bonds. The molecule has 0 unspecified atom stereocenters. The number of nitrogens with one attached hydrogen (secondary N) is 1. The number of carbonyl (C=O) groups excluding carboxylic acids is 1. The fourth-order valence-corrected chi connectivity index (χ4v) is 2.68. The zero-order valence-electron chi connectivity index (χ0n) is 14.3. The summed E-state index contributed by atoms with van der Waals surface area (Å²) in [4.78, 5) is 28.7. The highest BCUT2D eigenvalue weighted by Crippen LogP contribution is 2.15. The standard InChI is InChI=1S/C20H18ClN3O2/c1-14-6-8-15(9-7-14)18-10-20(26)24(13-23-18)12-19(25)22-11-16-4-2-3-5-17(16)21/h2-10,13H,11-12H2,1H3,(H,22,25). The molecule has 26 heavy (non-hydrogen) atoms. The topological polar surface area (TPSA) is 64.0 Å². The molecule has 0 atom stereocenters. The summed E-state index contributed by atoms with van der Waals surface area (Å²) in [6.07, 6.45) is 1.40. The second-order valence-electron chi connectivity index (χ2n) is 5.97. The summed E-state index contributed by atoms with van der Waals surface area (Å²) in [6, 6.07) is 16.5. The predicted octanol–water partition coefficient (Wildman–Crippen LogP) is 3.19. The van der Waals surface area contributed by atoms with Crippen molar-refractivity contribution >= 4 is 17.5 Å². The van der Waals surface area contributed by atoms with Crippen LogP contribution in [-0.2, 0) is 17.9 Å². The molecular formula is C20H18ClN3O2. The Labute approximate surface area is 156 Å². The summed E-state index contributed by atoms with van der Waals surface area (Å²) in [5, 5.41) is 3.35. The third-order valence-corrected chi connectivity index (χ3v) is 4.34. The average molecular weight is 368 g/mol. The van der Waals surface area contributed by atoms with E-state index >= 15 is 0 Å². The molecule has 6 heteroatoms. The van der Waals surface area contributed by atoms with Crippen LogP contribution in [0.25, 0.3) is 11.3 Å². The number of hydrogen-bond donors (Lipinski definition) is 1. The van der Waals surface area contributed by atoms with Gasteiger partial charge in [0, 0.05) is 23.2 Å². The van der Waals surface area contributed by atoms with Gasteiger partial charge in [-0.25, -0.2) is 4.98 Å². The van der Waals surface area contributed by atoms with Crippen LogP contribution in [0.2, 0.25) is 5.02 Å². The van der Waals surface area contributed by atoms with E-state index in [0.29, 0.717) is 17.3 Å². The summed E-state index contributed by atoms with van der Waals surface area (Å²) in [6.45, 7) is 2.21. The Morgan fingerprint density at radius 1 is 1.15 bits per heavy atom. The van der Waals surface area contributed by atoms with Crippen LogP contribution in [0, 0.1) is 6.92 Å². The zero-order valence-corrected chi connectivity index (χ0v) is 15.0. The zero-order chi connectivity index (χ0) is 18.5. The molecule has 3 aromatic rings. The van der Waals surface area contributed by atoms with Gasteiger partial charge < -0.3 is 5.32 Å². The average Bonchev–Trinajstić information content (AvgIpc) is 2.63. The number of rotatable bonds is 5. The lowest BCUT2D eigenvalue weighted by Gasteiger charge is -2.09. The lowest BCUT2D eigenvalue weighted by Crippen LogP contribution is -2.32. The normalized spacial score (nSPS) is 10.5. The van der Waals surface area contributed by atoms with Crippen molar-refractivity contribution in [3.63, 3.8) is 0 Å². The van der Waals surface area contributed by atoms with Crippen molar-refractivity contribution in [2.45, 2.75) is 20.0 Å². The van der Waals surface area contributed by atoms with Crippen LogP contribution in [-0.4, -0.2) is 15.5 Å². The molecule has 0 bridgehead atoms. The summed E-state index contributed by atoms with van der Waals surface area (Å²) in [7, 11) is 0. The highest BCUT2D eigenvalue weighted by molar-refractivity contribution is 6.31. The van der Waals surface area contributed by atoms with Crippen molar-refractivity contribution in [3.05, 3.63) is 87.4 Å². The van der Waals surface area contributed by atoms with Gasteiger partial charge >= 0.3 is 0 Å². The minimum atomic E-state index is -0.281. The van der Waals surface area contributed by atoms with Gasteiger partial charge in [0.25, 0.3) is 5.56 Å². The highest BCUT2D eigenvalue weighted by atomic mass is 35.5. The molecule has 0 spiro atoms. The lowest BCUT2D eigenvalue weighted by atomic mass is 10.1. The highest BCUT2D eigenvalue weighted by Gasteiger charge is 2.08. The van der Waals surface area contributed by atoms with Crippen molar-refractivity contribution < 1.29 is 4.79 Å². The number of amides is 1. The minimum absolute atomic E-state index is 0.0928. The van der Waals surface area contributed by atoms with Gasteiger partial charge in [-0.1, -0.05) is 59.6 Å². The van der Waals surface area contributed by atoms with Crippen molar-refractivity contribution in [3.8, 4) is 11.3 Å². The molecule has 5 nitrogen and oxygen atoms in total. The molecule has 0 aliphatic heterocycles. The maximum absolute atomic E-state index is 12.3. The molecule has 0 saturated heterocycles.